The Kier molecular flexibility index (Phi) is 2.33. The van der Waals surface area contributed by atoms with Gasteiger partial charge in [0.15, 0.2) is 11.6 Å². The third-order valence-electron chi connectivity index (χ3n) is 3.69. The first-order chi connectivity index (χ1) is 9.42. The SMILES string of the molecule is c1ccc2oc(-c3[nH]nc4c3CCCCN4)cc2c1. The molecule has 4 rings (SSSR count). The van der Waals surface area contributed by atoms with Gasteiger partial charge in [0, 0.05) is 17.5 Å². The quantitative estimate of drug-likeness (QED) is 0.697. The number of furan rings is 1. The maximum absolute atomic E-state index is 5.92. The molecule has 1 aromatic carbocycles. The number of anilines is 1. The molecule has 0 spiro atoms. The number of aromatic amines is 1. The molecule has 96 valence electrons. The van der Waals surface area contributed by atoms with Gasteiger partial charge in [0.25, 0.3) is 0 Å². The van der Waals surface area contributed by atoms with Gasteiger partial charge in [0.05, 0.1) is 0 Å². The first kappa shape index (κ1) is 10.7. The Hall–Kier alpha value is -2.23. The van der Waals surface area contributed by atoms with Crippen LogP contribution in [0.25, 0.3) is 22.4 Å². The van der Waals surface area contributed by atoms with Crippen molar-refractivity contribution in [3.05, 3.63) is 35.9 Å². The van der Waals surface area contributed by atoms with Crippen molar-refractivity contribution in [1.82, 2.24) is 10.2 Å². The summed E-state index contributed by atoms with van der Waals surface area (Å²) >= 11 is 0. The first-order valence-corrected chi connectivity index (χ1v) is 6.72. The largest absolute Gasteiger partial charge is 0.454 e. The minimum absolute atomic E-state index is 0.874. The zero-order valence-electron chi connectivity index (χ0n) is 10.6. The van der Waals surface area contributed by atoms with E-state index in [1.165, 1.54) is 18.4 Å². The van der Waals surface area contributed by atoms with E-state index in [1.807, 2.05) is 18.2 Å². The van der Waals surface area contributed by atoms with E-state index in [0.29, 0.717) is 0 Å². The number of hydrogen-bond donors (Lipinski definition) is 2. The van der Waals surface area contributed by atoms with Gasteiger partial charge in [-0.05, 0) is 31.4 Å². The van der Waals surface area contributed by atoms with Crippen molar-refractivity contribution in [1.29, 1.82) is 0 Å². The summed E-state index contributed by atoms with van der Waals surface area (Å²) in [5.41, 5.74) is 3.18. The monoisotopic (exact) mass is 253 g/mol. The van der Waals surface area contributed by atoms with Crippen LogP contribution in [0.15, 0.2) is 34.7 Å². The highest BCUT2D eigenvalue weighted by Gasteiger charge is 2.19. The maximum Gasteiger partial charge on any atom is 0.153 e. The lowest BCUT2D eigenvalue weighted by atomic mass is 10.1. The predicted octanol–water partition coefficient (Wildman–Crippen LogP) is 3.57. The molecule has 0 fully saturated rings. The highest BCUT2D eigenvalue weighted by atomic mass is 16.3. The van der Waals surface area contributed by atoms with E-state index in [9.17, 15) is 0 Å². The lowest BCUT2D eigenvalue weighted by Crippen LogP contribution is -1.99. The Balaban J connectivity index is 1.85. The van der Waals surface area contributed by atoms with E-state index < -0.39 is 0 Å². The molecule has 2 aromatic heterocycles. The summed E-state index contributed by atoms with van der Waals surface area (Å²) in [6, 6.07) is 10.1. The van der Waals surface area contributed by atoms with Gasteiger partial charge in [-0.2, -0.15) is 5.10 Å². The molecule has 2 N–H and O–H groups in total. The van der Waals surface area contributed by atoms with Gasteiger partial charge in [-0.3, -0.25) is 5.10 Å². The van der Waals surface area contributed by atoms with Gasteiger partial charge >= 0.3 is 0 Å². The average Bonchev–Trinajstić information content (AvgIpc) is 2.96. The standard InChI is InChI=1S/C15H15N3O/c1-2-7-12-10(5-1)9-13(19-12)14-11-6-3-4-8-16-15(11)18-17-14/h1-2,5,7,9H,3-4,6,8H2,(H2,16,17,18). The Labute approximate surface area is 110 Å². The van der Waals surface area contributed by atoms with Crippen LogP contribution in [0.3, 0.4) is 0 Å². The van der Waals surface area contributed by atoms with Gasteiger partial charge in [-0.25, -0.2) is 0 Å². The van der Waals surface area contributed by atoms with Crippen LogP contribution in [0, 0.1) is 0 Å². The molecule has 19 heavy (non-hydrogen) atoms. The highest BCUT2D eigenvalue weighted by molar-refractivity contribution is 5.83. The summed E-state index contributed by atoms with van der Waals surface area (Å²) in [5, 5.41) is 12.0. The Morgan fingerprint density at radius 2 is 2.11 bits per heavy atom. The lowest BCUT2D eigenvalue weighted by molar-refractivity contribution is 0.627. The molecule has 0 bridgehead atoms. The number of hydrogen-bond acceptors (Lipinski definition) is 3. The molecule has 0 amide bonds. The fourth-order valence-corrected chi connectivity index (χ4v) is 2.70. The predicted molar refractivity (Wildman–Crippen MR) is 75.2 cm³/mol. The number of benzene rings is 1. The summed E-state index contributed by atoms with van der Waals surface area (Å²) < 4.78 is 5.92. The Morgan fingerprint density at radius 3 is 3.05 bits per heavy atom. The minimum atomic E-state index is 0.874. The number of para-hydroxylation sites is 1. The summed E-state index contributed by atoms with van der Waals surface area (Å²) in [4.78, 5) is 0. The molecule has 3 aromatic rings. The van der Waals surface area contributed by atoms with Crippen LogP contribution in [0.1, 0.15) is 18.4 Å². The average molecular weight is 253 g/mol. The summed E-state index contributed by atoms with van der Waals surface area (Å²) in [5.74, 6) is 1.85. The molecule has 3 heterocycles. The van der Waals surface area contributed by atoms with E-state index in [0.717, 1.165) is 41.2 Å². The minimum Gasteiger partial charge on any atom is -0.454 e. The molecule has 0 aliphatic carbocycles. The van der Waals surface area contributed by atoms with Crippen molar-refractivity contribution >= 4 is 16.8 Å². The molecule has 1 aliphatic heterocycles. The van der Waals surface area contributed by atoms with Crippen LogP contribution < -0.4 is 5.32 Å². The van der Waals surface area contributed by atoms with E-state index in [-0.39, 0.29) is 0 Å². The normalized spacial score (nSPS) is 14.9. The number of nitrogens with one attached hydrogen (secondary N) is 2. The number of nitrogens with zero attached hydrogens (tertiary/aromatic N) is 1. The van der Waals surface area contributed by atoms with Crippen molar-refractivity contribution in [2.24, 2.45) is 0 Å². The van der Waals surface area contributed by atoms with Crippen LogP contribution in [0.4, 0.5) is 5.82 Å². The van der Waals surface area contributed by atoms with Crippen molar-refractivity contribution in [3.8, 4) is 11.5 Å². The van der Waals surface area contributed by atoms with Crippen molar-refractivity contribution in [3.63, 3.8) is 0 Å². The van der Waals surface area contributed by atoms with Crippen molar-refractivity contribution in [2.45, 2.75) is 19.3 Å². The van der Waals surface area contributed by atoms with Crippen molar-refractivity contribution in [2.75, 3.05) is 11.9 Å². The van der Waals surface area contributed by atoms with Gasteiger partial charge in [0.2, 0.25) is 0 Å². The summed E-state index contributed by atoms with van der Waals surface area (Å²) in [6.07, 6.45) is 3.42. The van der Waals surface area contributed by atoms with Gasteiger partial charge in [0.1, 0.15) is 11.3 Å². The van der Waals surface area contributed by atoms with Gasteiger partial charge in [-0.15, -0.1) is 0 Å². The van der Waals surface area contributed by atoms with Crippen LogP contribution in [0.2, 0.25) is 0 Å². The third-order valence-corrected chi connectivity index (χ3v) is 3.69. The first-order valence-electron chi connectivity index (χ1n) is 6.72. The van der Waals surface area contributed by atoms with Crippen LogP contribution >= 0.6 is 0 Å². The van der Waals surface area contributed by atoms with Crippen molar-refractivity contribution < 1.29 is 4.42 Å². The molecule has 0 saturated carbocycles. The topological polar surface area (TPSA) is 53.9 Å². The van der Waals surface area contributed by atoms with Crippen LogP contribution in [0.5, 0.6) is 0 Å². The molecule has 0 atom stereocenters. The van der Waals surface area contributed by atoms with Gasteiger partial charge < -0.3 is 9.73 Å². The second-order valence-corrected chi connectivity index (χ2v) is 4.96. The Morgan fingerprint density at radius 1 is 1.16 bits per heavy atom. The zero-order chi connectivity index (χ0) is 12.7. The van der Waals surface area contributed by atoms with E-state index >= 15 is 0 Å². The molecule has 0 saturated heterocycles. The number of H-pyrrole nitrogens is 1. The molecule has 1 aliphatic rings. The summed E-state index contributed by atoms with van der Waals surface area (Å²) in [7, 11) is 0. The maximum atomic E-state index is 5.92. The fourth-order valence-electron chi connectivity index (χ4n) is 2.70. The van der Waals surface area contributed by atoms with Gasteiger partial charge in [-0.1, -0.05) is 18.2 Å². The summed E-state index contributed by atoms with van der Waals surface area (Å²) in [6.45, 7) is 0.997. The molecular weight excluding hydrogens is 238 g/mol. The van der Waals surface area contributed by atoms with Crippen LogP contribution in [-0.2, 0) is 6.42 Å². The fraction of sp³-hybridized carbons (Fsp3) is 0.267. The smallest absolute Gasteiger partial charge is 0.153 e. The number of rotatable bonds is 1. The molecule has 4 nitrogen and oxygen atoms in total. The number of fused-ring (bicyclic) bond motifs is 2. The Bertz CT molecular complexity index is 693. The molecular formula is C15H15N3O. The van der Waals surface area contributed by atoms with E-state index in [4.69, 9.17) is 4.42 Å². The highest BCUT2D eigenvalue weighted by Crippen LogP contribution is 2.33. The van der Waals surface area contributed by atoms with E-state index in [2.05, 4.69) is 27.6 Å². The second-order valence-electron chi connectivity index (χ2n) is 4.96. The van der Waals surface area contributed by atoms with E-state index in [1.54, 1.807) is 0 Å². The number of aromatic nitrogens is 2. The lowest BCUT2D eigenvalue weighted by Gasteiger charge is -1.99. The molecule has 4 heteroatoms. The second kappa shape index (κ2) is 4.16. The van der Waals surface area contributed by atoms with Crippen LogP contribution in [-0.4, -0.2) is 16.7 Å². The molecule has 0 radical (unpaired) electrons. The molecule has 0 unspecified atom stereocenters. The zero-order valence-corrected chi connectivity index (χ0v) is 10.6. The third kappa shape index (κ3) is 1.71.